The maximum Gasteiger partial charge on any atom is 0.416 e. The number of anilines is 2. The molecule has 0 spiro atoms. The van der Waals surface area contributed by atoms with E-state index in [2.05, 4.69) is 8.75 Å². The molecule has 12 nitrogen and oxygen atoms in total. The molecule has 0 N–H and O–H groups in total. The van der Waals surface area contributed by atoms with Gasteiger partial charge in [0, 0.05) is 18.7 Å². The van der Waals surface area contributed by atoms with Crippen molar-refractivity contribution < 1.29 is 37.7 Å². The monoisotopic (exact) mass is 603 g/mol. The molecule has 1 aromatic heterocycles. The summed E-state index contributed by atoms with van der Waals surface area (Å²) in [6.07, 6.45) is 1.08. The number of ether oxygens (including phenoxy) is 4. The van der Waals surface area contributed by atoms with Gasteiger partial charge in [-0.2, -0.15) is 8.75 Å². The predicted octanol–water partition coefficient (Wildman–Crippen LogP) is 4.21. The summed E-state index contributed by atoms with van der Waals surface area (Å²) in [4.78, 5) is 42.7. The zero-order valence-corrected chi connectivity index (χ0v) is 25.0. The van der Waals surface area contributed by atoms with E-state index in [0.29, 0.717) is 30.8 Å². The van der Waals surface area contributed by atoms with Gasteiger partial charge in [0.1, 0.15) is 17.5 Å². The second-order valence-electron chi connectivity index (χ2n) is 11.7. The molecule has 3 aliphatic heterocycles. The van der Waals surface area contributed by atoms with E-state index in [1.807, 2.05) is 6.08 Å². The summed E-state index contributed by atoms with van der Waals surface area (Å²) in [6, 6.07) is 4.57. The van der Waals surface area contributed by atoms with E-state index in [0.717, 1.165) is 17.3 Å². The fourth-order valence-corrected chi connectivity index (χ4v) is 5.36. The van der Waals surface area contributed by atoms with Crippen molar-refractivity contribution in [2.45, 2.75) is 64.6 Å². The van der Waals surface area contributed by atoms with Crippen LogP contribution in [0.4, 0.5) is 25.5 Å². The standard InChI is InChI=1S/C28H34FN5O7S/c1-27(2,3)41-26(37)34(23-13-30-42-31-23)15-19-14-33(25(36)39-19)18-6-7-20(21(29)12-18)17-8-10-32(11-9-17)24(35)22-16-38-28(4,5)40-22/h6-8,12-13,19,22H,9-11,14-16H2,1-5H3/t19-,22+/m1/s1. The summed E-state index contributed by atoms with van der Waals surface area (Å²) in [5.41, 5.74) is 0.772. The number of carbonyl (C=O) groups is 3. The van der Waals surface area contributed by atoms with E-state index < -0.39 is 41.6 Å². The Kier molecular flexibility index (Phi) is 8.23. The molecule has 5 rings (SSSR count). The maximum absolute atomic E-state index is 15.3. The topological polar surface area (TPSA) is 124 Å². The highest BCUT2D eigenvalue weighted by molar-refractivity contribution is 6.99. The lowest BCUT2D eigenvalue weighted by molar-refractivity contribution is -0.159. The molecule has 4 heterocycles. The molecule has 0 saturated carbocycles. The van der Waals surface area contributed by atoms with Crippen molar-refractivity contribution in [2.75, 3.05) is 42.6 Å². The van der Waals surface area contributed by atoms with Gasteiger partial charge in [0.25, 0.3) is 5.91 Å². The van der Waals surface area contributed by atoms with Gasteiger partial charge in [-0.1, -0.05) is 6.08 Å². The van der Waals surface area contributed by atoms with Crippen molar-refractivity contribution in [1.29, 1.82) is 0 Å². The van der Waals surface area contributed by atoms with Crippen molar-refractivity contribution in [3.63, 3.8) is 0 Å². The molecule has 0 aliphatic carbocycles. The Morgan fingerprint density at radius 3 is 2.67 bits per heavy atom. The molecule has 2 aromatic rings. The zero-order valence-electron chi connectivity index (χ0n) is 24.2. The molecule has 2 saturated heterocycles. The van der Waals surface area contributed by atoms with Crippen LogP contribution < -0.4 is 9.80 Å². The number of rotatable bonds is 6. The maximum atomic E-state index is 15.3. The van der Waals surface area contributed by atoms with Gasteiger partial charge in [-0.3, -0.25) is 14.6 Å². The first kappa shape index (κ1) is 29.9. The molecule has 3 amide bonds. The fraction of sp³-hybridized carbons (Fsp3) is 0.536. The number of benzene rings is 1. The van der Waals surface area contributed by atoms with Crippen LogP contribution in [0.2, 0.25) is 0 Å². The third kappa shape index (κ3) is 6.71. The highest BCUT2D eigenvalue weighted by Gasteiger charge is 2.40. The number of halogens is 1. The first-order chi connectivity index (χ1) is 19.8. The quantitative estimate of drug-likeness (QED) is 0.478. The number of carbonyl (C=O) groups excluding carboxylic acids is 3. The van der Waals surface area contributed by atoms with Gasteiger partial charge in [-0.05, 0) is 64.8 Å². The Labute approximate surface area is 247 Å². The largest absolute Gasteiger partial charge is 0.443 e. The van der Waals surface area contributed by atoms with Crippen molar-refractivity contribution in [3.05, 3.63) is 41.9 Å². The number of cyclic esters (lactones) is 1. The molecular weight excluding hydrogens is 569 g/mol. The number of hydrogen-bond acceptors (Lipinski definition) is 10. The molecule has 226 valence electrons. The average molecular weight is 604 g/mol. The Hall–Kier alpha value is -3.62. The lowest BCUT2D eigenvalue weighted by Gasteiger charge is -2.29. The Balaban J connectivity index is 1.23. The first-order valence-corrected chi connectivity index (χ1v) is 14.4. The Bertz CT molecular complexity index is 1380. The summed E-state index contributed by atoms with van der Waals surface area (Å²) in [5, 5.41) is 0. The summed E-state index contributed by atoms with van der Waals surface area (Å²) in [6.45, 7) is 9.82. The van der Waals surface area contributed by atoms with E-state index in [1.54, 1.807) is 51.7 Å². The SMILES string of the molecule is CC(C)(C)OC(=O)N(C[C@H]1CN(c2ccc(C3=CCN(C(=O)[C@@H]4COC(C)(C)O4)CC3)c(F)c2)C(=O)O1)c1cnsn1. The van der Waals surface area contributed by atoms with Gasteiger partial charge in [0.2, 0.25) is 0 Å². The number of amides is 3. The number of nitrogens with zero attached hydrogens (tertiary/aromatic N) is 5. The van der Waals surface area contributed by atoms with Gasteiger partial charge in [0.15, 0.2) is 17.7 Å². The van der Waals surface area contributed by atoms with Gasteiger partial charge in [0.05, 0.1) is 43.3 Å². The molecule has 42 heavy (non-hydrogen) atoms. The molecule has 1 aromatic carbocycles. The van der Waals surface area contributed by atoms with Crippen LogP contribution in [0, 0.1) is 5.82 Å². The van der Waals surface area contributed by atoms with Crippen LogP contribution >= 0.6 is 11.7 Å². The fourth-order valence-electron chi connectivity index (χ4n) is 4.95. The van der Waals surface area contributed by atoms with E-state index in [4.69, 9.17) is 18.9 Å². The first-order valence-electron chi connectivity index (χ1n) is 13.7. The van der Waals surface area contributed by atoms with Gasteiger partial charge < -0.3 is 23.8 Å². The van der Waals surface area contributed by atoms with E-state index in [9.17, 15) is 14.4 Å². The van der Waals surface area contributed by atoms with Crippen molar-refractivity contribution in [1.82, 2.24) is 13.6 Å². The molecule has 3 aliphatic rings. The molecule has 2 fully saturated rings. The van der Waals surface area contributed by atoms with Crippen LogP contribution in [-0.2, 0) is 23.7 Å². The van der Waals surface area contributed by atoms with Crippen molar-refractivity contribution in [3.8, 4) is 0 Å². The predicted molar refractivity (Wildman–Crippen MR) is 152 cm³/mol. The number of hydrogen-bond donors (Lipinski definition) is 0. The third-order valence-electron chi connectivity index (χ3n) is 6.92. The smallest absolute Gasteiger partial charge is 0.416 e. The van der Waals surface area contributed by atoms with Gasteiger partial charge >= 0.3 is 12.2 Å². The average Bonchev–Trinajstić information content (AvgIpc) is 3.66. The van der Waals surface area contributed by atoms with Gasteiger partial charge in [-0.15, -0.1) is 0 Å². The summed E-state index contributed by atoms with van der Waals surface area (Å²) >= 11 is 0.937. The molecule has 0 bridgehead atoms. The molecule has 2 atom stereocenters. The summed E-state index contributed by atoms with van der Waals surface area (Å²) < 4.78 is 45.6. The molecule has 0 radical (unpaired) electrons. The summed E-state index contributed by atoms with van der Waals surface area (Å²) in [7, 11) is 0. The zero-order chi connectivity index (χ0) is 30.2. The van der Waals surface area contributed by atoms with Crippen LogP contribution in [0.25, 0.3) is 5.57 Å². The van der Waals surface area contributed by atoms with Crippen molar-refractivity contribution in [2.24, 2.45) is 0 Å². The van der Waals surface area contributed by atoms with Crippen molar-refractivity contribution >= 4 is 46.9 Å². The normalized spacial score (nSPS) is 22.1. The summed E-state index contributed by atoms with van der Waals surface area (Å²) in [5.74, 6) is -1.15. The van der Waals surface area contributed by atoms with Gasteiger partial charge in [-0.25, -0.2) is 14.0 Å². The Morgan fingerprint density at radius 2 is 2.07 bits per heavy atom. The van der Waals surface area contributed by atoms with E-state index in [-0.39, 0.29) is 31.4 Å². The second-order valence-corrected chi connectivity index (χ2v) is 12.3. The lowest BCUT2D eigenvalue weighted by Crippen LogP contribution is -2.43. The lowest BCUT2D eigenvalue weighted by atomic mass is 9.98. The van der Waals surface area contributed by atoms with Crippen LogP contribution in [0.3, 0.4) is 0 Å². The van der Waals surface area contributed by atoms with Crippen LogP contribution in [0.1, 0.15) is 46.6 Å². The van der Waals surface area contributed by atoms with Crippen LogP contribution in [0.15, 0.2) is 30.5 Å². The third-order valence-corrected chi connectivity index (χ3v) is 7.38. The highest BCUT2D eigenvalue weighted by Crippen LogP contribution is 2.31. The van der Waals surface area contributed by atoms with Crippen LogP contribution in [0.5, 0.6) is 0 Å². The minimum Gasteiger partial charge on any atom is -0.443 e. The Morgan fingerprint density at radius 1 is 1.29 bits per heavy atom. The highest BCUT2D eigenvalue weighted by atomic mass is 32.1. The van der Waals surface area contributed by atoms with E-state index in [1.165, 1.54) is 22.1 Å². The molecule has 0 unspecified atom stereocenters. The van der Waals surface area contributed by atoms with E-state index >= 15 is 4.39 Å². The number of aromatic nitrogens is 2. The second kappa shape index (κ2) is 11.6. The molecule has 14 heteroatoms. The van der Waals surface area contributed by atoms with Crippen LogP contribution in [-0.4, -0.2) is 88.1 Å². The minimum absolute atomic E-state index is 0.0131. The minimum atomic E-state index is -0.792. The molecular formula is C28H34FN5O7S.